The van der Waals surface area contributed by atoms with Crippen LogP contribution in [0.5, 0.6) is 0 Å². The van der Waals surface area contributed by atoms with E-state index in [4.69, 9.17) is 9.79 Å². The van der Waals surface area contributed by atoms with E-state index in [0.717, 1.165) is 19.3 Å². The first kappa shape index (κ1) is 13.7. The number of hydrogen-bond donors (Lipinski definition) is 3. The van der Waals surface area contributed by atoms with Gasteiger partial charge in [0.05, 0.1) is 0 Å². The molecule has 0 fully saturated rings. The molecule has 0 unspecified atom stereocenters. The van der Waals surface area contributed by atoms with Gasteiger partial charge in [0.25, 0.3) is 0 Å². The molecular weight excluding hydrogens is 165 g/mol. The van der Waals surface area contributed by atoms with Gasteiger partial charge in [-0.1, -0.05) is 26.2 Å². The fourth-order valence-corrected chi connectivity index (χ4v) is 1.38. The van der Waals surface area contributed by atoms with Crippen molar-refractivity contribution in [2.24, 2.45) is 0 Å². The van der Waals surface area contributed by atoms with Gasteiger partial charge in [-0.3, -0.25) is 4.57 Å². The maximum atomic E-state index is 10.3. The van der Waals surface area contributed by atoms with Crippen molar-refractivity contribution in [3.63, 3.8) is 0 Å². The van der Waals surface area contributed by atoms with Crippen LogP contribution in [0, 0.1) is 0 Å². The van der Waals surface area contributed by atoms with Crippen LogP contribution in [0.3, 0.4) is 0 Å². The lowest BCUT2D eigenvalue weighted by Gasteiger charge is -2.01. The zero-order chi connectivity index (χ0) is 8.04. The van der Waals surface area contributed by atoms with E-state index in [1.807, 2.05) is 0 Å². The molecule has 4 nitrogen and oxygen atoms in total. The lowest BCUT2D eigenvalue weighted by Crippen LogP contribution is -1.87. The first-order valence-corrected chi connectivity index (χ1v) is 5.40. The number of hydrogen-bond acceptors (Lipinski definition) is 2. The standard InChI is InChI=1S/C6H15O3P.H3N/c1-2-3-4-5-6-10(7,8)9;/h2-6H2,1H3,(H2,7,8,9);1H3. The molecule has 70 valence electrons. The van der Waals surface area contributed by atoms with E-state index in [9.17, 15) is 4.57 Å². The molecule has 5 heteroatoms. The van der Waals surface area contributed by atoms with Gasteiger partial charge >= 0.3 is 7.60 Å². The second kappa shape index (κ2) is 6.80. The molecular formula is C6H18NO3P. The Hall–Kier alpha value is 0.110. The van der Waals surface area contributed by atoms with E-state index in [1.54, 1.807) is 0 Å². The molecule has 0 atom stereocenters. The molecule has 0 radical (unpaired) electrons. The minimum atomic E-state index is -3.71. The van der Waals surface area contributed by atoms with Crippen molar-refractivity contribution in [3.8, 4) is 0 Å². The van der Waals surface area contributed by atoms with Gasteiger partial charge in [0.2, 0.25) is 0 Å². The van der Waals surface area contributed by atoms with E-state index < -0.39 is 7.60 Å². The summed E-state index contributed by atoms with van der Waals surface area (Å²) in [5.74, 6) is 0. The summed E-state index contributed by atoms with van der Waals surface area (Å²) in [6.07, 6.45) is 3.80. The molecule has 0 amide bonds. The minimum absolute atomic E-state index is 0. The Kier molecular flexibility index (Phi) is 8.46. The second-order valence-electron chi connectivity index (χ2n) is 2.45. The SMILES string of the molecule is CCCCCCP(=O)(O)O.N. The summed E-state index contributed by atoms with van der Waals surface area (Å²) in [4.78, 5) is 16.9. The molecule has 0 saturated heterocycles. The van der Waals surface area contributed by atoms with Crippen LogP contribution in [0.15, 0.2) is 0 Å². The largest absolute Gasteiger partial charge is 0.344 e. The first-order chi connectivity index (χ1) is 4.56. The first-order valence-electron chi connectivity index (χ1n) is 3.61. The van der Waals surface area contributed by atoms with Crippen LogP contribution in [0.4, 0.5) is 0 Å². The fraction of sp³-hybridized carbons (Fsp3) is 1.00. The quantitative estimate of drug-likeness (QED) is 0.448. The molecule has 0 aliphatic carbocycles. The molecule has 0 heterocycles. The summed E-state index contributed by atoms with van der Waals surface area (Å²) in [5.41, 5.74) is 0. The monoisotopic (exact) mass is 183 g/mol. The molecule has 0 spiro atoms. The van der Waals surface area contributed by atoms with Gasteiger partial charge in [0.15, 0.2) is 0 Å². The molecule has 0 rings (SSSR count). The number of unbranched alkanes of at least 4 members (excludes halogenated alkanes) is 3. The van der Waals surface area contributed by atoms with E-state index in [1.165, 1.54) is 0 Å². The minimum Gasteiger partial charge on any atom is -0.344 e. The van der Waals surface area contributed by atoms with Crippen LogP contribution in [-0.4, -0.2) is 15.9 Å². The molecule has 11 heavy (non-hydrogen) atoms. The summed E-state index contributed by atoms with van der Waals surface area (Å²) < 4.78 is 10.3. The van der Waals surface area contributed by atoms with Crippen LogP contribution >= 0.6 is 7.60 Å². The van der Waals surface area contributed by atoms with Crippen LogP contribution < -0.4 is 6.15 Å². The zero-order valence-electron chi connectivity index (χ0n) is 6.99. The predicted octanol–water partition coefficient (Wildman–Crippen LogP) is 1.91. The molecule has 0 bridgehead atoms. The molecule has 0 aliphatic rings. The zero-order valence-corrected chi connectivity index (χ0v) is 7.89. The Morgan fingerprint density at radius 2 is 1.73 bits per heavy atom. The molecule has 5 N–H and O–H groups in total. The van der Waals surface area contributed by atoms with Gasteiger partial charge in [0.1, 0.15) is 0 Å². The van der Waals surface area contributed by atoms with Crippen molar-refractivity contribution in [1.29, 1.82) is 0 Å². The highest BCUT2D eigenvalue weighted by atomic mass is 31.2. The highest BCUT2D eigenvalue weighted by Gasteiger charge is 2.10. The smallest absolute Gasteiger partial charge is 0.325 e. The van der Waals surface area contributed by atoms with Crippen molar-refractivity contribution in [3.05, 3.63) is 0 Å². The summed E-state index contributed by atoms with van der Waals surface area (Å²) in [5, 5.41) is 0. The highest BCUT2D eigenvalue weighted by Crippen LogP contribution is 2.35. The topological polar surface area (TPSA) is 92.5 Å². The van der Waals surface area contributed by atoms with E-state index in [-0.39, 0.29) is 12.3 Å². The van der Waals surface area contributed by atoms with Gasteiger partial charge < -0.3 is 15.9 Å². The molecule has 0 aliphatic heterocycles. The fourth-order valence-electron chi connectivity index (χ4n) is 0.745. The second-order valence-corrected chi connectivity index (χ2v) is 4.23. The molecule has 0 saturated carbocycles. The van der Waals surface area contributed by atoms with Crippen molar-refractivity contribution in [2.75, 3.05) is 6.16 Å². The molecule has 0 aromatic heterocycles. The summed E-state index contributed by atoms with van der Waals surface area (Å²) in [7, 11) is -3.71. The Morgan fingerprint density at radius 1 is 1.18 bits per heavy atom. The van der Waals surface area contributed by atoms with Gasteiger partial charge in [0, 0.05) is 6.16 Å². The lowest BCUT2D eigenvalue weighted by molar-refractivity contribution is 0.371. The summed E-state index contributed by atoms with van der Waals surface area (Å²) >= 11 is 0. The average Bonchev–Trinajstić information content (AvgIpc) is 1.78. The third-order valence-corrected chi connectivity index (χ3v) is 2.20. The van der Waals surface area contributed by atoms with Crippen LogP contribution in [-0.2, 0) is 4.57 Å². The average molecular weight is 183 g/mol. The van der Waals surface area contributed by atoms with Crippen molar-refractivity contribution >= 4 is 7.60 Å². The Labute approximate surface area is 67.8 Å². The van der Waals surface area contributed by atoms with Crippen molar-refractivity contribution in [1.82, 2.24) is 6.15 Å². The van der Waals surface area contributed by atoms with E-state index >= 15 is 0 Å². The summed E-state index contributed by atoms with van der Waals surface area (Å²) in [6, 6.07) is 0. The Balaban J connectivity index is 0. The van der Waals surface area contributed by atoms with Gasteiger partial charge in [-0.2, -0.15) is 0 Å². The lowest BCUT2D eigenvalue weighted by atomic mass is 10.2. The van der Waals surface area contributed by atoms with Gasteiger partial charge in [-0.25, -0.2) is 0 Å². The maximum Gasteiger partial charge on any atom is 0.325 e. The normalized spacial score (nSPS) is 10.8. The van der Waals surface area contributed by atoms with Crippen molar-refractivity contribution < 1.29 is 14.4 Å². The van der Waals surface area contributed by atoms with Crippen LogP contribution in [0.2, 0.25) is 0 Å². The molecule has 0 aromatic carbocycles. The molecule has 0 aromatic rings. The van der Waals surface area contributed by atoms with E-state index in [0.29, 0.717) is 6.42 Å². The Bertz CT molecular complexity index is 123. The third kappa shape index (κ3) is 13.2. The van der Waals surface area contributed by atoms with Crippen molar-refractivity contribution in [2.45, 2.75) is 32.6 Å². The van der Waals surface area contributed by atoms with Crippen LogP contribution in [0.25, 0.3) is 0 Å². The predicted molar refractivity (Wildman–Crippen MR) is 46.1 cm³/mol. The van der Waals surface area contributed by atoms with Gasteiger partial charge in [-0.05, 0) is 6.42 Å². The maximum absolute atomic E-state index is 10.3. The van der Waals surface area contributed by atoms with Gasteiger partial charge in [-0.15, -0.1) is 0 Å². The summed E-state index contributed by atoms with van der Waals surface area (Å²) in [6.45, 7) is 2.07. The Morgan fingerprint density at radius 3 is 2.09 bits per heavy atom. The number of rotatable bonds is 5. The van der Waals surface area contributed by atoms with Crippen LogP contribution in [0.1, 0.15) is 32.6 Å². The highest BCUT2D eigenvalue weighted by molar-refractivity contribution is 7.51. The van der Waals surface area contributed by atoms with E-state index in [2.05, 4.69) is 6.92 Å². The third-order valence-electron chi connectivity index (χ3n) is 1.30.